The molecule has 0 aliphatic carbocycles. The fourth-order valence-electron chi connectivity index (χ4n) is 2.86. The zero-order valence-corrected chi connectivity index (χ0v) is 15.3. The first-order chi connectivity index (χ1) is 11.9. The number of nitrogens with zero attached hydrogens (tertiary/aromatic N) is 1. The minimum absolute atomic E-state index is 0.0570. The van der Waals surface area contributed by atoms with Gasteiger partial charge in [0.25, 0.3) is 5.56 Å². The van der Waals surface area contributed by atoms with E-state index in [2.05, 4.69) is 20.9 Å². The van der Waals surface area contributed by atoms with E-state index in [4.69, 9.17) is 0 Å². The number of phenolic OH excluding ortho intramolecular Hbond substituents is 1. The van der Waals surface area contributed by atoms with E-state index in [1.54, 1.807) is 18.2 Å². The number of aromatic hydroxyl groups is 1. The lowest BCUT2D eigenvalue weighted by atomic mass is 9.92. The Morgan fingerprint density at radius 3 is 2.44 bits per heavy atom. The summed E-state index contributed by atoms with van der Waals surface area (Å²) in [5.74, 6) is 0.0570. The van der Waals surface area contributed by atoms with E-state index in [0.29, 0.717) is 16.8 Å². The third kappa shape index (κ3) is 3.09. The van der Waals surface area contributed by atoms with Gasteiger partial charge in [-0.15, -0.1) is 0 Å². The highest BCUT2D eigenvalue weighted by molar-refractivity contribution is 9.10. The van der Waals surface area contributed by atoms with Crippen LogP contribution in [0.5, 0.6) is 5.75 Å². The molecule has 0 bridgehead atoms. The van der Waals surface area contributed by atoms with Crippen LogP contribution < -0.4 is 5.56 Å². The van der Waals surface area contributed by atoms with Crippen LogP contribution in [0.4, 0.5) is 0 Å². The predicted molar refractivity (Wildman–Crippen MR) is 101 cm³/mol. The minimum atomic E-state index is -0.474. The average molecular weight is 395 g/mol. The van der Waals surface area contributed by atoms with Gasteiger partial charge >= 0.3 is 0 Å². The highest BCUT2D eigenvalue weighted by atomic mass is 79.9. The summed E-state index contributed by atoms with van der Waals surface area (Å²) in [4.78, 5) is 15.2. The molecule has 25 heavy (non-hydrogen) atoms. The van der Waals surface area contributed by atoms with Gasteiger partial charge in [-0.3, -0.25) is 4.79 Å². The average Bonchev–Trinajstić information content (AvgIpc) is 2.59. The van der Waals surface area contributed by atoms with Gasteiger partial charge < -0.3 is 10.1 Å². The fourth-order valence-corrected chi connectivity index (χ4v) is 3.22. The zero-order valence-electron chi connectivity index (χ0n) is 13.7. The second-order valence-corrected chi connectivity index (χ2v) is 6.76. The summed E-state index contributed by atoms with van der Waals surface area (Å²) in [5.41, 5.74) is 3.79. The van der Waals surface area contributed by atoms with E-state index in [-0.39, 0.29) is 11.3 Å². The topological polar surface area (TPSA) is 76.9 Å². The van der Waals surface area contributed by atoms with E-state index >= 15 is 0 Å². The number of aromatic nitrogens is 1. The zero-order chi connectivity index (χ0) is 18.1. The van der Waals surface area contributed by atoms with E-state index in [0.717, 1.165) is 21.2 Å². The second-order valence-electron chi connectivity index (χ2n) is 5.84. The molecule has 1 heterocycles. The van der Waals surface area contributed by atoms with Crippen LogP contribution in [0.3, 0.4) is 0 Å². The molecule has 5 heteroatoms. The Balaban J connectivity index is 2.37. The summed E-state index contributed by atoms with van der Waals surface area (Å²) >= 11 is 3.38. The van der Waals surface area contributed by atoms with Crippen LogP contribution in [0.25, 0.3) is 22.4 Å². The van der Waals surface area contributed by atoms with Crippen molar-refractivity contribution in [1.82, 2.24) is 4.98 Å². The third-order valence-electron chi connectivity index (χ3n) is 4.15. The van der Waals surface area contributed by atoms with E-state index in [1.165, 1.54) is 0 Å². The first-order valence-corrected chi connectivity index (χ1v) is 8.44. The molecule has 0 radical (unpaired) electrons. The quantitative estimate of drug-likeness (QED) is 0.662. The number of nitrogens with one attached hydrogen (secondary N) is 1. The molecule has 0 saturated heterocycles. The number of rotatable bonds is 2. The van der Waals surface area contributed by atoms with Gasteiger partial charge in [0.1, 0.15) is 17.4 Å². The normalized spacial score (nSPS) is 10.5. The van der Waals surface area contributed by atoms with Gasteiger partial charge in [0.15, 0.2) is 0 Å². The monoisotopic (exact) mass is 394 g/mol. The van der Waals surface area contributed by atoms with Crippen molar-refractivity contribution in [3.8, 4) is 34.2 Å². The molecule has 2 N–H and O–H groups in total. The number of nitriles is 1. The molecule has 3 aromatic rings. The molecule has 1 aromatic heterocycles. The van der Waals surface area contributed by atoms with Crippen LogP contribution in [0, 0.1) is 25.2 Å². The van der Waals surface area contributed by atoms with Crippen molar-refractivity contribution in [1.29, 1.82) is 5.26 Å². The molecule has 124 valence electrons. The Hall–Kier alpha value is -2.84. The van der Waals surface area contributed by atoms with Crippen LogP contribution >= 0.6 is 15.9 Å². The van der Waals surface area contributed by atoms with Gasteiger partial charge in [0.2, 0.25) is 0 Å². The van der Waals surface area contributed by atoms with Crippen LogP contribution in [0.1, 0.15) is 16.7 Å². The molecule has 0 unspecified atom stereocenters. The van der Waals surface area contributed by atoms with Gasteiger partial charge in [0.05, 0.1) is 5.69 Å². The molecule has 0 aliphatic heterocycles. The summed E-state index contributed by atoms with van der Waals surface area (Å²) in [6, 6.07) is 14.7. The Morgan fingerprint density at radius 1 is 1.12 bits per heavy atom. The maximum Gasteiger partial charge on any atom is 0.266 e. The van der Waals surface area contributed by atoms with Crippen molar-refractivity contribution in [2.75, 3.05) is 0 Å². The number of hydrogen-bond acceptors (Lipinski definition) is 3. The number of pyridine rings is 1. The molecule has 0 atom stereocenters. The van der Waals surface area contributed by atoms with Crippen molar-refractivity contribution < 1.29 is 5.11 Å². The molecule has 0 spiro atoms. The van der Waals surface area contributed by atoms with Crippen molar-refractivity contribution in [2.24, 2.45) is 0 Å². The molecule has 0 saturated carbocycles. The summed E-state index contributed by atoms with van der Waals surface area (Å²) in [6.45, 7) is 3.81. The molecule has 0 amide bonds. The van der Waals surface area contributed by atoms with Gasteiger partial charge in [-0.25, -0.2) is 0 Å². The molecular formula is C20H15BrN2O2. The van der Waals surface area contributed by atoms with Crippen LogP contribution in [-0.4, -0.2) is 10.1 Å². The smallest absolute Gasteiger partial charge is 0.266 e. The number of H-pyrrole nitrogens is 1. The van der Waals surface area contributed by atoms with Crippen LogP contribution in [-0.2, 0) is 0 Å². The van der Waals surface area contributed by atoms with Crippen LogP contribution in [0.2, 0.25) is 0 Å². The first kappa shape index (κ1) is 17.0. The largest absolute Gasteiger partial charge is 0.507 e. The second kappa shape index (κ2) is 6.58. The molecular weight excluding hydrogens is 380 g/mol. The fraction of sp³-hybridized carbons (Fsp3) is 0.100. The molecule has 0 fully saturated rings. The number of benzene rings is 2. The van der Waals surface area contributed by atoms with Gasteiger partial charge in [-0.05, 0) is 43.2 Å². The maximum absolute atomic E-state index is 12.5. The molecule has 3 rings (SSSR count). The SMILES string of the molecule is Cc1ccc(-c2c(C)c(-c3cc(Br)ccc3O)[nH]c(=O)c2C#N)cc1. The lowest BCUT2D eigenvalue weighted by molar-refractivity contribution is 0.477. The highest BCUT2D eigenvalue weighted by Gasteiger charge is 2.19. The van der Waals surface area contributed by atoms with Gasteiger partial charge in [-0.2, -0.15) is 5.26 Å². The van der Waals surface area contributed by atoms with Gasteiger partial charge in [-0.1, -0.05) is 45.8 Å². The Morgan fingerprint density at radius 2 is 1.80 bits per heavy atom. The number of hydrogen-bond donors (Lipinski definition) is 2. The summed E-state index contributed by atoms with van der Waals surface area (Å²) in [6.07, 6.45) is 0. The maximum atomic E-state index is 12.5. The van der Waals surface area contributed by atoms with Crippen molar-refractivity contribution >= 4 is 15.9 Å². The Bertz CT molecular complexity index is 1060. The summed E-state index contributed by atoms with van der Waals surface area (Å²) < 4.78 is 0.779. The van der Waals surface area contributed by atoms with Gasteiger partial charge in [0, 0.05) is 15.6 Å². The number of phenols is 1. The lowest BCUT2D eigenvalue weighted by Gasteiger charge is -2.14. The Kier molecular flexibility index (Phi) is 4.47. The first-order valence-electron chi connectivity index (χ1n) is 7.65. The lowest BCUT2D eigenvalue weighted by Crippen LogP contribution is -2.15. The van der Waals surface area contributed by atoms with E-state index in [1.807, 2.05) is 44.2 Å². The van der Waals surface area contributed by atoms with Crippen molar-refractivity contribution in [2.45, 2.75) is 13.8 Å². The van der Waals surface area contributed by atoms with E-state index < -0.39 is 5.56 Å². The summed E-state index contributed by atoms with van der Waals surface area (Å²) in [7, 11) is 0. The number of aryl methyl sites for hydroxylation is 1. The molecule has 2 aromatic carbocycles. The number of aromatic amines is 1. The Labute approximate surface area is 153 Å². The molecule has 4 nitrogen and oxygen atoms in total. The standard InChI is InChI=1S/C20H15BrN2O2/c1-11-3-5-13(6-4-11)18-12(2)19(23-20(25)16(18)10-22)15-9-14(21)7-8-17(15)24/h3-9,24H,1-2H3,(H,23,25). The molecule has 0 aliphatic rings. The van der Waals surface area contributed by atoms with E-state index in [9.17, 15) is 15.2 Å². The predicted octanol–water partition coefficient (Wildman–Crippen LogP) is 4.67. The van der Waals surface area contributed by atoms with Crippen molar-refractivity contribution in [3.63, 3.8) is 0 Å². The van der Waals surface area contributed by atoms with Crippen LogP contribution in [0.15, 0.2) is 51.7 Å². The third-order valence-corrected chi connectivity index (χ3v) is 4.64. The summed E-state index contributed by atoms with van der Waals surface area (Å²) in [5, 5.41) is 19.7. The minimum Gasteiger partial charge on any atom is -0.507 e. The van der Waals surface area contributed by atoms with Crippen molar-refractivity contribution in [3.05, 3.63) is 74.0 Å². The highest BCUT2D eigenvalue weighted by Crippen LogP contribution is 2.36. The number of halogens is 1.